The molecule has 1 aliphatic rings. The van der Waals surface area contributed by atoms with Gasteiger partial charge in [0.1, 0.15) is 0 Å². The molecule has 0 aromatic rings. The van der Waals surface area contributed by atoms with E-state index in [-0.39, 0.29) is 11.8 Å². The topological polar surface area (TPSA) is 66.6 Å². The number of aliphatic hydroxyl groups excluding tert-OH is 1. The lowest BCUT2D eigenvalue weighted by atomic mass is 9.96. The van der Waals surface area contributed by atoms with Gasteiger partial charge in [0.15, 0.2) is 0 Å². The Morgan fingerprint density at radius 3 is 2.77 bits per heavy atom. The molecule has 76 valence electrons. The molecule has 1 fully saturated rings. The third-order valence-corrected chi connectivity index (χ3v) is 2.62. The maximum absolute atomic E-state index is 11.4. The van der Waals surface area contributed by atoms with Gasteiger partial charge in [-0.3, -0.25) is 4.79 Å². The second-order valence-corrected chi connectivity index (χ2v) is 3.91. The number of β-amino-alcohol motifs (C(OH)–C–C–N with tert-alkyl or cyclic N) is 1. The summed E-state index contributed by atoms with van der Waals surface area (Å²) in [4.78, 5) is 13.1. The summed E-state index contributed by atoms with van der Waals surface area (Å²) >= 11 is 0. The summed E-state index contributed by atoms with van der Waals surface area (Å²) in [6, 6.07) is -0.458. The second kappa shape index (κ2) is 4.07. The smallest absolute Gasteiger partial charge is 0.239 e. The van der Waals surface area contributed by atoms with Crippen molar-refractivity contribution in [2.45, 2.75) is 32.4 Å². The molecule has 0 bridgehead atoms. The zero-order chi connectivity index (χ0) is 10.0. The van der Waals surface area contributed by atoms with Crippen molar-refractivity contribution in [3.05, 3.63) is 0 Å². The molecule has 13 heavy (non-hydrogen) atoms. The zero-order valence-electron chi connectivity index (χ0n) is 8.23. The third kappa shape index (κ3) is 2.42. The Bertz CT molecular complexity index is 194. The first kappa shape index (κ1) is 10.5. The number of nitrogens with zero attached hydrogens (tertiary/aromatic N) is 1. The summed E-state index contributed by atoms with van der Waals surface area (Å²) in [6.45, 7) is 4.82. The Morgan fingerprint density at radius 1 is 1.69 bits per heavy atom. The van der Waals surface area contributed by atoms with Gasteiger partial charge in [0.2, 0.25) is 5.91 Å². The number of rotatable bonds is 1. The molecule has 1 saturated heterocycles. The fourth-order valence-corrected chi connectivity index (χ4v) is 1.54. The first-order valence-corrected chi connectivity index (χ1v) is 4.74. The minimum absolute atomic E-state index is 0.0639. The first-order chi connectivity index (χ1) is 6.02. The molecule has 0 aromatic heterocycles. The van der Waals surface area contributed by atoms with Crippen molar-refractivity contribution in [3.63, 3.8) is 0 Å². The van der Waals surface area contributed by atoms with Gasteiger partial charge in [-0.1, -0.05) is 6.92 Å². The summed E-state index contributed by atoms with van der Waals surface area (Å²) in [5.41, 5.74) is 5.47. The van der Waals surface area contributed by atoms with Gasteiger partial charge < -0.3 is 15.7 Å². The molecule has 0 spiro atoms. The Kier molecular flexibility index (Phi) is 3.27. The quantitative estimate of drug-likeness (QED) is 0.583. The van der Waals surface area contributed by atoms with Gasteiger partial charge in [-0.2, -0.15) is 0 Å². The van der Waals surface area contributed by atoms with Crippen LogP contribution in [0.2, 0.25) is 0 Å². The fourth-order valence-electron chi connectivity index (χ4n) is 1.54. The Morgan fingerprint density at radius 2 is 2.31 bits per heavy atom. The van der Waals surface area contributed by atoms with Gasteiger partial charge in [-0.25, -0.2) is 0 Å². The maximum Gasteiger partial charge on any atom is 0.239 e. The number of amides is 1. The number of likely N-dealkylation sites (tertiary alicyclic amines) is 1. The van der Waals surface area contributed by atoms with Crippen molar-refractivity contribution in [2.75, 3.05) is 13.1 Å². The molecule has 4 heteroatoms. The SMILES string of the molecule is CC1CCN(C(=O)[C@H](C)N)CC1O. The highest BCUT2D eigenvalue weighted by Gasteiger charge is 2.28. The molecule has 1 amide bonds. The molecule has 0 aromatic carbocycles. The molecule has 1 heterocycles. The standard InChI is InChI=1S/C9H18N2O2/c1-6-3-4-11(5-8(6)12)9(13)7(2)10/h6-8,12H,3-5,10H2,1-2H3/t6?,7-,8?/m0/s1. The zero-order valence-corrected chi connectivity index (χ0v) is 8.23. The Labute approximate surface area is 78.7 Å². The van der Waals surface area contributed by atoms with E-state index in [0.717, 1.165) is 13.0 Å². The minimum Gasteiger partial charge on any atom is -0.391 e. The molecule has 2 unspecified atom stereocenters. The van der Waals surface area contributed by atoms with Crippen molar-refractivity contribution in [1.29, 1.82) is 0 Å². The van der Waals surface area contributed by atoms with Crippen LogP contribution in [0.4, 0.5) is 0 Å². The summed E-state index contributed by atoms with van der Waals surface area (Å²) in [6.07, 6.45) is 0.469. The molecular weight excluding hydrogens is 168 g/mol. The van der Waals surface area contributed by atoms with Gasteiger partial charge in [0, 0.05) is 13.1 Å². The highest BCUT2D eigenvalue weighted by atomic mass is 16.3. The minimum atomic E-state index is -0.458. The van der Waals surface area contributed by atoms with Crippen molar-refractivity contribution >= 4 is 5.91 Å². The van der Waals surface area contributed by atoms with E-state index in [9.17, 15) is 9.90 Å². The van der Waals surface area contributed by atoms with Gasteiger partial charge in [0.25, 0.3) is 0 Å². The average Bonchev–Trinajstić information content (AvgIpc) is 2.08. The Hall–Kier alpha value is -0.610. The molecule has 1 rings (SSSR count). The summed E-state index contributed by atoms with van der Waals surface area (Å²) in [5.74, 6) is 0.225. The van der Waals surface area contributed by atoms with Gasteiger partial charge in [0.05, 0.1) is 12.1 Å². The van der Waals surface area contributed by atoms with E-state index in [4.69, 9.17) is 5.73 Å². The molecule has 4 nitrogen and oxygen atoms in total. The van der Waals surface area contributed by atoms with Crippen molar-refractivity contribution in [3.8, 4) is 0 Å². The number of nitrogens with two attached hydrogens (primary N) is 1. The molecule has 0 saturated carbocycles. The fraction of sp³-hybridized carbons (Fsp3) is 0.889. The van der Waals surface area contributed by atoms with Gasteiger partial charge in [-0.05, 0) is 19.3 Å². The van der Waals surface area contributed by atoms with E-state index >= 15 is 0 Å². The number of aliphatic hydroxyl groups is 1. The van der Waals surface area contributed by atoms with Gasteiger partial charge >= 0.3 is 0 Å². The van der Waals surface area contributed by atoms with E-state index in [0.29, 0.717) is 6.54 Å². The van der Waals surface area contributed by atoms with Crippen LogP contribution in [0.15, 0.2) is 0 Å². The number of hydrogen-bond donors (Lipinski definition) is 2. The summed E-state index contributed by atoms with van der Waals surface area (Å²) in [5, 5.41) is 9.54. The number of carbonyl (C=O) groups excluding carboxylic acids is 1. The molecule has 1 aliphatic heterocycles. The largest absolute Gasteiger partial charge is 0.391 e. The number of hydrogen-bond acceptors (Lipinski definition) is 3. The molecular formula is C9H18N2O2. The van der Waals surface area contributed by atoms with Crippen LogP contribution < -0.4 is 5.73 Å². The molecule has 0 aliphatic carbocycles. The lowest BCUT2D eigenvalue weighted by Crippen LogP contribution is -2.50. The monoisotopic (exact) mass is 186 g/mol. The Balaban J connectivity index is 2.50. The average molecular weight is 186 g/mol. The van der Waals surface area contributed by atoms with E-state index in [1.54, 1.807) is 11.8 Å². The van der Waals surface area contributed by atoms with Gasteiger partial charge in [-0.15, -0.1) is 0 Å². The van der Waals surface area contributed by atoms with Crippen LogP contribution in [0, 0.1) is 5.92 Å². The summed E-state index contributed by atoms with van der Waals surface area (Å²) in [7, 11) is 0. The molecule has 0 radical (unpaired) electrons. The third-order valence-electron chi connectivity index (χ3n) is 2.62. The summed E-state index contributed by atoms with van der Waals surface area (Å²) < 4.78 is 0. The highest BCUT2D eigenvalue weighted by Crippen LogP contribution is 2.17. The van der Waals surface area contributed by atoms with Crippen LogP contribution in [-0.2, 0) is 4.79 Å². The first-order valence-electron chi connectivity index (χ1n) is 4.74. The number of carbonyl (C=O) groups is 1. The van der Waals surface area contributed by atoms with E-state index in [1.807, 2.05) is 6.92 Å². The molecule has 3 N–H and O–H groups in total. The molecule has 3 atom stereocenters. The van der Waals surface area contributed by atoms with Crippen molar-refractivity contribution in [2.24, 2.45) is 11.7 Å². The van der Waals surface area contributed by atoms with Crippen molar-refractivity contribution < 1.29 is 9.90 Å². The van der Waals surface area contributed by atoms with Crippen LogP contribution in [0.3, 0.4) is 0 Å². The predicted octanol–water partition coefficient (Wildman–Crippen LogP) is -0.437. The van der Waals surface area contributed by atoms with Crippen LogP contribution >= 0.6 is 0 Å². The normalized spacial score (nSPS) is 31.5. The van der Waals surface area contributed by atoms with E-state index in [1.165, 1.54) is 0 Å². The van der Waals surface area contributed by atoms with Crippen molar-refractivity contribution in [1.82, 2.24) is 4.90 Å². The highest BCUT2D eigenvalue weighted by molar-refractivity contribution is 5.81. The maximum atomic E-state index is 11.4. The van der Waals surface area contributed by atoms with E-state index < -0.39 is 12.1 Å². The second-order valence-electron chi connectivity index (χ2n) is 3.91. The van der Waals surface area contributed by atoms with E-state index in [2.05, 4.69) is 0 Å². The van der Waals surface area contributed by atoms with Crippen LogP contribution in [-0.4, -0.2) is 41.1 Å². The predicted molar refractivity (Wildman–Crippen MR) is 50.0 cm³/mol. The lowest BCUT2D eigenvalue weighted by Gasteiger charge is -2.35. The van der Waals surface area contributed by atoms with Crippen LogP contribution in [0.5, 0.6) is 0 Å². The van der Waals surface area contributed by atoms with Crippen LogP contribution in [0.25, 0.3) is 0 Å². The number of piperidine rings is 1. The van der Waals surface area contributed by atoms with Crippen LogP contribution in [0.1, 0.15) is 20.3 Å². The lowest BCUT2D eigenvalue weighted by molar-refractivity contribution is -0.136.